The lowest BCUT2D eigenvalue weighted by atomic mass is 9.88. The van der Waals surface area contributed by atoms with E-state index in [4.69, 9.17) is 4.74 Å². The van der Waals surface area contributed by atoms with E-state index in [2.05, 4.69) is 4.98 Å². The molecule has 0 amide bonds. The molecule has 0 aliphatic heterocycles. The fraction of sp³-hybridized carbons (Fsp3) is 0.214. The first-order valence-corrected chi connectivity index (χ1v) is 5.53. The van der Waals surface area contributed by atoms with E-state index >= 15 is 0 Å². The van der Waals surface area contributed by atoms with E-state index < -0.39 is 11.4 Å². The molecule has 94 valence electrons. The fourth-order valence-electron chi connectivity index (χ4n) is 1.94. The average molecular weight is 247 g/mol. The maximum atomic E-state index is 14.0. The highest BCUT2D eigenvalue weighted by Gasteiger charge is 2.32. The van der Waals surface area contributed by atoms with Crippen LogP contribution in [-0.4, -0.2) is 17.2 Å². The Kier molecular flexibility index (Phi) is 3.30. The smallest absolute Gasteiger partial charge is 0.133 e. The van der Waals surface area contributed by atoms with Crippen molar-refractivity contribution in [2.24, 2.45) is 0 Å². The number of halogens is 1. The van der Waals surface area contributed by atoms with Crippen LogP contribution in [0.4, 0.5) is 4.39 Å². The Balaban J connectivity index is 2.61. The summed E-state index contributed by atoms with van der Waals surface area (Å²) in [5.41, 5.74) is -0.876. The standard InChI is InChI=1S/C14H14FNO2/c1-14(17,10-5-4-8-16-9-10)13-11(15)6-3-7-12(13)18-2/h3-9,17H,1-2H3. The number of ether oxygens (including phenoxy) is 1. The summed E-state index contributed by atoms with van der Waals surface area (Å²) in [6.07, 6.45) is 3.10. The van der Waals surface area contributed by atoms with Crippen LogP contribution < -0.4 is 4.74 Å². The van der Waals surface area contributed by atoms with Crippen molar-refractivity contribution in [2.45, 2.75) is 12.5 Å². The highest BCUT2D eigenvalue weighted by Crippen LogP contribution is 2.36. The summed E-state index contributed by atoms with van der Waals surface area (Å²) >= 11 is 0. The Bertz CT molecular complexity index is 541. The van der Waals surface area contributed by atoms with Gasteiger partial charge in [-0.3, -0.25) is 4.98 Å². The topological polar surface area (TPSA) is 42.4 Å². The summed E-state index contributed by atoms with van der Waals surface area (Å²) < 4.78 is 19.1. The van der Waals surface area contributed by atoms with Crippen LogP contribution in [0.5, 0.6) is 5.75 Å². The molecular formula is C14H14FNO2. The van der Waals surface area contributed by atoms with Crippen LogP contribution >= 0.6 is 0 Å². The molecule has 1 heterocycles. The van der Waals surface area contributed by atoms with Gasteiger partial charge in [-0.25, -0.2) is 4.39 Å². The molecule has 1 unspecified atom stereocenters. The molecule has 18 heavy (non-hydrogen) atoms. The molecule has 1 atom stereocenters. The molecule has 2 rings (SSSR count). The van der Waals surface area contributed by atoms with Gasteiger partial charge in [-0.2, -0.15) is 0 Å². The minimum Gasteiger partial charge on any atom is -0.496 e. The van der Waals surface area contributed by atoms with Crippen LogP contribution in [-0.2, 0) is 5.60 Å². The highest BCUT2D eigenvalue weighted by atomic mass is 19.1. The van der Waals surface area contributed by atoms with E-state index in [0.29, 0.717) is 11.3 Å². The van der Waals surface area contributed by atoms with Crippen molar-refractivity contribution in [3.05, 3.63) is 59.7 Å². The van der Waals surface area contributed by atoms with Crippen molar-refractivity contribution in [3.8, 4) is 5.75 Å². The fourth-order valence-corrected chi connectivity index (χ4v) is 1.94. The second-order valence-electron chi connectivity index (χ2n) is 4.13. The molecule has 0 saturated carbocycles. The summed E-state index contributed by atoms with van der Waals surface area (Å²) in [6, 6.07) is 7.83. The van der Waals surface area contributed by atoms with Crippen LogP contribution in [0.15, 0.2) is 42.7 Å². The first-order chi connectivity index (χ1) is 8.57. The number of hydrogen-bond donors (Lipinski definition) is 1. The van der Waals surface area contributed by atoms with Crippen molar-refractivity contribution in [3.63, 3.8) is 0 Å². The normalized spacial score (nSPS) is 14.0. The minimum absolute atomic E-state index is 0.112. The van der Waals surface area contributed by atoms with Gasteiger partial charge < -0.3 is 9.84 Å². The van der Waals surface area contributed by atoms with Gasteiger partial charge in [0.25, 0.3) is 0 Å². The van der Waals surface area contributed by atoms with E-state index in [9.17, 15) is 9.50 Å². The molecule has 0 spiro atoms. The molecule has 0 fully saturated rings. The number of pyridine rings is 1. The molecule has 4 heteroatoms. The van der Waals surface area contributed by atoms with Crippen molar-refractivity contribution < 1.29 is 14.2 Å². The lowest BCUT2D eigenvalue weighted by Gasteiger charge is -2.26. The van der Waals surface area contributed by atoms with Crippen LogP contribution in [0.3, 0.4) is 0 Å². The predicted molar refractivity (Wildman–Crippen MR) is 65.9 cm³/mol. The monoisotopic (exact) mass is 247 g/mol. The highest BCUT2D eigenvalue weighted by molar-refractivity contribution is 5.44. The van der Waals surface area contributed by atoms with Crippen molar-refractivity contribution in [2.75, 3.05) is 7.11 Å². The number of rotatable bonds is 3. The number of nitrogens with zero attached hydrogens (tertiary/aromatic N) is 1. The van der Waals surface area contributed by atoms with E-state index in [1.54, 1.807) is 24.4 Å². The molecule has 0 aliphatic rings. The van der Waals surface area contributed by atoms with Gasteiger partial charge in [-0.15, -0.1) is 0 Å². The maximum Gasteiger partial charge on any atom is 0.133 e. The number of hydrogen-bond acceptors (Lipinski definition) is 3. The zero-order valence-corrected chi connectivity index (χ0v) is 10.2. The Labute approximate surface area is 105 Å². The van der Waals surface area contributed by atoms with E-state index in [0.717, 1.165) is 0 Å². The first-order valence-electron chi connectivity index (χ1n) is 5.53. The zero-order valence-electron chi connectivity index (χ0n) is 10.2. The molecule has 1 aromatic carbocycles. The summed E-state index contributed by atoms with van der Waals surface area (Å²) in [7, 11) is 1.44. The summed E-state index contributed by atoms with van der Waals surface area (Å²) in [5, 5.41) is 10.6. The van der Waals surface area contributed by atoms with E-state index in [-0.39, 0.29) is 5.56 Å². The summed E-state index contributed by atoms with van der Waals surface area (Å²) in [5.74, 6) is -0.202. The number of aliphatic hydroxyl groups is 1. The summed E-state index contributed by atoms with van der Waals surface area (Å²) in [6.45, 7) is 1.52. The Morgan fingerprint density at radius 2 is 2.06 bits per heavy atom. The molecule has 0 aliphatic carbocycles. The second-order valence-corrected chi connectivity index (χ2v) is 4.13. The van der Waals surface area contributed by atoms with Gasteiger partial charge in [0.05, 0.1) is 12.7 Å². The van der Waals surface area contributed by atoms with Crippen LogP contribution in [0.1, 0.15) is 18.1 Å². The molecule has 3 nitrogen and oxygen atoms in total. The van der Waals surface area contributed by atoms with E-state index in [1.165, 1.54) is 32.4 Å². The Morgan fingerprint density at radius 1 is 1.28 bits per heavy atom. The lowest BCUT2D eigenvalue weighted by Crippen LogP contribution is -2.25. The van der Waals surface area contributed by atoms with Gasteiger partial charge in [0.15, 0.2) is 0 Å². The predicted octanol–water partition coefficient (Wildman–Crippen LogP) is 2.49. The minimum atomic E-state index is -1.50. The number of methoxy groups -OCH3 is 1. The van der Waals surface area contributed by atoms with Gasteiger partial charge in [0.2, 0.25) is 0 Å². The molecule has 0 saturated heterocycles. The van der Waals surface area contributed by atoms with Gasteiger partial charge in [0, 0.05) is 18.0 Å². The first kappa shape index (κ1) is 12.5. The van der Waals surface area contributed by atoms with Crippen molar-refractivity contribution >= 4 is 0 Å². The third kappa shape index (κ3) is 2.07. The van der Waals surface area contributed by atoms with Gasteiger partial charge in [-0.1, -0.05) is 12.1 Å². The van der Waals surface area contributed by atoms with Crippen molar-refractivity contribution in [1.82, 2.24) is 4.98 Å². The summed E-state index contributed by atoms with van der Waals surface area (Å²) in [4.78, 5) is 3.94. The zero-order chi connectivity index (χ0) is 13.2. The second kappa shape index (κ2) is 4.74. The molecule has 1 aromatic heterocycles. The maximum absolute atomic E-state index is 14.0. The Morgan fingerprint density at radius 3 is 2.67 bits per heavy atom. The molecule has 0 bridgehead atoms. The van der Waals surface area contributed by atoms with Crippen LogP contribution in [0, 0.1) is 5.82 Å². The quantitative estimate of drug-likeness (QED) is 0.906. The molecule has 2 aromatic rings. The molecule has 0 radical (unpaired) electrons. The van der Waals surface area contributed by atoms with Crippen molar-refractivity contribution in [1.29, 1.82) is 0 Å². The van der Waals surface area contributed by atoms with E-state index in [1.807, 2.05) is 0 Å². The Hall–Kier alpha value is -1.94. The third-order valence-electron chi connectivity index (χ3n) is 2.91. The van der Waals surface area contributed by atoms with Gasteiger partial charge in [-0.05, 0) is 25.1 Å². The number of benzene rings is 1. The molecular weight excluding hydrogens is 233 g/mol. The number of aromatic nitrogens is 1. The van der Waals surface area contributed by atoms with Crippen LogP contribution in [0.25, 0.3) is 0 Å². The average Bonchev–Trinajstić information content (AvgIpc) is 2.39. The lowest BCUT2D eigenvalue weighted by molar-refractivity contribution is 0.0941. The molecule has 1 N–H and O–H groups in total. The van der Waals surface area contributed by atoms with Gasteiger partial charge in [0.1, 0.15) is 17.2 Å². The third-order valence-corrected chi connectivity index (χ3v) is 2.91. The van der Waals surface area contributed by atoms with Gasteiger partial charge >= 0.3 is 0 Å². The van der Waals surface area contributed by atoms with Crippen LogP contribution in [0.2, 0.25) is 0 Å². The largest absolute Gasteiger partial charge is 0.496 e. The SMILES string of the molecule is COc1cccc(F)c1C(C)(O)c1cccnc1.